The van der Waals surface area contributed by atoms with E-state index in [-0.39, 0.29) is 0 Å². The van der Waals surface area contributed by atoms with Crippen molar-refractivity contribution in [2.75, 3.05) is 13.6 Å². The zero-order valence-corrected chi connectivity index (χ0v) is 18.0. The van der Waals surface area contributed by atoms with Crippen molar-refractivity contribution in [1.29, 1.82) is 0 Å². The van der Waals surface area contributed by atoms with Gasteiger partial charge in [-0.25, -0.2) is 0 Å². The van der Waals surface area contributed by atoms with Gasteiger partial charge in [0, 0.05) is 24.2 Å². The Balaban J connectivity index is 1.39. The van der Waals surface area contributed by atoms with Crippen molar-refractivity contribution in [2.24, 2.45) is 0 Å². The van der Waals surface area contributed by atoms with Crippen LogP contribution < -0.4 is 5.32 Å². The first-order valence-corrected chi connectivity index (χ1v) is 10.8. The third kappa shape index (κ3) is 4.90. The van der Waals surface area contributed by atoms with Gasteiger partial charge in [0.2, 0.25) is 0 Å². The highest BCUT2D eigenvalue weighted by Crippen LogP contribution is 2.33. The third-order valence-electron chi connectivity index (χ3n) is 5.99. The topological polar surface area (TPSA) is 15.3 Å². The quantitative estimate of drug-likeness (QED) is 0.513. The van der Waals surface area contributed by atoms with E-state index in [2.05, 4.69) is 78.8 Å². The lowest BCUT2D eigenvalue weighted by Gasteiger charge is -2.21. The van der Waals surface area contributed by atoms with Crippen LogP contribution in [0.4, 0.5) is 0 Å². The standard InChI is InChI=1S/C26H29ClN2/c1-19-16-23(26-4-3-15-29(26)2)11-14-25(19)22-9-5-20(6-10-22)17-28-18-21-7-12-24(27)13-8-21/h5-14,16,26,28H,3-4,15,17-18H2,1-2H3. The maximum absolute atomic E-state index is 5.94. The fourth-order valence-corrected chi connectivity index (χ4v) is 4.43. The van der Waals surface area contributed by atoms with Crippen LogP contribution in [0.25, 0.3) is 11.1 Å². The van der Waals surface area contributed by atoms with E-state index in [0.29, 0.717) is 6.04 Å². The molecule has 1 aliphatic heterocycles. The number of nitrogens with one attached hydrogen (secondary N) is 1. The lowest BCUT2D eigenvalue weighted by atomic mass is 9.94. The van der Waals surface area contributed by atoms with Crippen LogP contribution in [0, 0.1) is 6.92 Å². The third-order valence-corrected chi connectivity index (χ3v) is 6.24. The molecule has 150 valence electrons. The Hall–Kier alpha value is -2.13. The number of rotatable bonds is 6. The van der Waals surface area contributed by atoms with Gasteiger partial charge in [0.1, 0.15) is 0 Å². The number of hydrogen-bond donors (Lipinski definition) is 1. The Morgan fingerprint density at radius 1 is 0.931 bits per heavy atom. The minimum absolute atomic E-state index is 0.580. The van der Waals surface area contributed by atoms with Crippen LogP contribution in [0.3, 0.4) is 0 Å². The predicted molar refractivity (Wildman–Crippen MR) is 123 cm³/mol. The molecule has 3 aromatic carbocycles. The van der Waals surface area contributed by atoms with Crippen molar-refractivity contribution in [2.45, 2.75) is 38.9 Å². The van der Waals surface area contributed by atoms with Crippen LogP contribution in [-0.4, -0.2) is 18.5 Å². The van der Waals surface area contributed by atoms with Gasteiger partial charge in [0.15, 0.2) is 0 Å². The number of likely N-dealkylation sites (tertiary alicyclic amines) is 1. The van der Waals surface area contributed by atoms with Crippen LogP contribution in [0.1, 0.15) is 41.1 Å². The molecule has 1 aliphatic rings. The SMILES string of the molecule is Cc1cc(C2CCCN2C)ccc1-c1ccc(CNCc2ccc(Cl)cc2)cc1. The molecule has 0 radical (unpaired) electrons. The van der Waals surface area contributed by atoms with Gasteiger partial charge in [0.25, 0.3) is 0 Å². The van der Waals surface area contributed by atoms with Gasteiger partial charge in [-0.05, 0) is 78.9 Å². The molecule has 1 heterocycles. The molecule has 0 saturated carbocycles. The largest absolute Gasteiger partial charge is 0.309 e. The second-order valence-corrected chi connectivity index (χ2v) is 8.58. The molecular weight excluding hydrogens is 376 g/mol. The van der Waals surface area contributed by atoms with E-state index < -0.39 is 0 Å². The Labute approximate surface area is 179 Å². The predicted octanol–water partition coefficient (Wildman–Crippen LogP) is 6.37. The summed E-state index contributed by atoms with van der Waals surface area (Å²) < 4.78 is 0. The summed E-state index contributed by atoms with van der Waals surface area (Å²) in [5, 5.41) is 4.28. The van der Waals surface area contributed by atoms with Gasteiger partial charge in [-0.2, -0.15) is 0 Å². The van der Waals surface area contributed by atoms with Gasteiger partial charge >= 0.3 is 0 Å². The normalized spacial score (nSPS) is 17.0. The van der Waals surface area contributed by atoms with Crippen molar-refractivity contribution in [3.63, 3.8) is 0 Å². The Bertz CT molecular complexity index is 947. The number of aryl methyl sites for hydroxylation is 1. The molecule has 1 unspecified atom stereocenters. The lowest BCUT2D eigenvalue weighted by molar-refractivity contribution is 0.317. The molecule has 0 bridgehead atoms. The van der Waals surface area contributed by atoms with Crippen molar-refractivity contribution >= 4 is 11.6 Å². The molecule has 2 nitrogen and oxygen atoms in total. The van der Waals surface area contributed by atoms with E-state index in [4.69, 9.17) is 11.6 Å². The van der Waals surface area contributed by atoms with Crippen molar-refractivity contribution < 1.29 is 0 Å². The van der Waals surface area contributed by atoms with E-state index in [1.54, 1.807) is 0 Å². The summed E-state index contributed by atoms with van der Waals surface area (Å²) in [4.78, 5) is 2.47. The highest BCUT2D eigenvalue weighted by molar-refractivity contribution is 6.30. The number of nitrogens with zero attached hydrogens (tertiary/aromatic N) is 1. The Morgan fingerprint density at radius 2 is 1.59 bits per heavy atom. The van der Waals surface area contributed by atoms with E-state index >= 15 is 0 Å². The van der Waals surface area contributed by atoms with E-state index in [1.807, 2.05) is 12.1 Å². The number of benzene rings is 3. The first-order chi connectivity index (χ1) is 14.1. The van der Waals surface area contributed by atoms with Gasteiger partial charge < -0.3 is 5.32 Å². The number of halogens is 1. The zero-order valence-electron chi connectivity index (χ0n) is 17.3. The van der Waals surface area contributed by atoms with E-state index in [9.17, 15) is 0 Å². The second-order valence-electron chi connectivity index (χ2n) is 8.14. The summed E-state index contributed by atoms with van der Waals surface area (Å²) in [5.41, 5.74) is 7.97. The second kappa shape index (κ2) is 9.13. The van der Waals surface area contributed by atoms with Crippen LogP contribution in [0.5, 0.6) is 0 Å². The van der Waals surface area contributed by atoms with Gasteiger partial charge in [-0.3, -0.25) is 4.90 Å². The Kier molecular flexibility index (Phi) is 6.34. The van der Waals surface area contributed by atoms with Crippen molar-refractivity contribution in [3.05, 3.63) is 94.0 Å². The fraction of sp³-hybridized carbons (Fsp3) is 0.308. The molecular formula is C26H29ClN2. The molecule has 29 heavy (non-hydrogen) atoms. The molecule has 0 aromatic heterocycles. The Morgan fingerprint density at radius 3 is 2.17 bits per heavy atom. The molecule has 4 rings (SSSR count). The lowest BCUT2D eigenvalue weighted by Crippen LogP contribution is -2.17. The minimum atomic E-state index is 0.580. The molecule has 0 aliphatic carbocycles. The van der Waals surface area contributed by atoms with Gasteiger partial charge in [0.05, 0.1) is 0 Å². The molecule has 1 N–H and O–H groups in total. The molecule has 1 saturated heterocycles. The van der Waals surface area contributed by atoms with E-state index in [0.717, 1.165) is 18.1 Å². The summed E-state index contributed by atoms with van der Waals surface area (Å²) in [6, 6.07) is 24.5. The summed E-state index contributed by atoms with van der Waals surface area (Å²) in [7, 11) is 2.24. The summed E-state index contributed by atoms with van der Waals surface area (Å²) >= 11 is 5.94. The molecule has 0 amide bonds. The first kappa shape index (κ1) is 20.2. The molecule has 3 heteroatoms. The fourth-order valence-electron chi connectivity index (χ4n) is 4.31. The van der Waals surface area contributed by atoms with Crippen LogP contribution in [-0.2, 0) is 13.1 Å². The maximum atomic E-state index is 5.94. The highest BCUT2D eigenvalue weighted by atomic mass is 35.5. The molecule has 0 spiro atoms. The van der Waals surface area contributed by atoms with Crippen molar-refractivity contribution in [3.8, 4) is 11.1 Å². The van der Waals surface area contributed by atoms with Crippen LogP contribution in [0.2, 0.25) is 5.02 Å². The van der Waals surface area contributed by atoms with Crippen molar-refractivity contribution in [1.82, 2.24) is 10.2 Å². The molecule has 1 atom stereocenters. The molecule has 1 fully saturated rings. The maximum Gasteiger partial charge on any atom is 0.0406 e. The summed E-state index contributed by atoms with van der Waals surface area (Å²) in [5.74, 6) is 0. The van der Waals surface area contributed by atoms with E-state index in [1.165, 1.54) is 52.8 Å². The van der Waals surface area contributed by atoms with Gasteiger partial charge in [-0.1, -0.05) is 66.2 Å². The van der Waals surface area contributed by atoms with Crippen LogP contribution in [0.15, 0.2) is 66.7 Å². The van der Waals surface area contributed by atoms with Gasteiger partial charge in [-0.15, -0.1) is 0 Å². The number of hydrogen-bond acceptors (Lipinski definition) is 2. The summed E-state index contributed by atoms with van der Waals surface area (Å²) in [6.45, 7) is 5.14. The first-order valence-electron chi connectivity index (χ1n) is 10.5. The highest BCUT2D eigenvalue weighted by Gasteiger charge is 2.22. The minimum Gasteiger partial charge on any atom is -0.309 e. The average Bonchev–Trinajstić information content (AvgIpc) is 3.16. The zero-order chi connectivity index (χ0) is 20.2. The summed E-state index contributed by atoms with van der Waals surface area (Å²) in [6.07, 6.45) is 2.57. The van der Waals surface area contributed by atoms with Crippen LogP contribution >= 0.6 is 11.6 Å². The average molecular weight is 405 g/mol. The smallest absolute Gasteiger partial charge is 0.0406 e. The molecule has 3 aromatic rings. The monoisotopic (exact) mass is 404 g/mol.